The molecule has 1 saturated heterocycles. The molecule has 5 heteroatoms. The van der Waals surface area contributed by atoms with Crippen molar-refractivity contribution >= 4 is 12.0 Å². The van der Waals surface area contributed by atoms with Gasteiger partial charge in [-0.2, -0.15) is 4.98 Å². The third-order valence-corrected chi connectivity index (χ3v) is 4.01. The zero-order valence-electron chi connectivity index (χ0n) is 13.8. The Bertz CT molecular complexity index is 708. The smallest absolute Gasteiger partial charge is 0.246 e. The molecule has 1 fully saturated rings. The molecule has 0 radical (unpaired) electrons. The van der Waals surface area contributed by atoms with E-state index in [-0.39, 0.29) is 12.0 Å². The van der Waals surface area contributed by atoms with Crippen LogP contribution in [0.1, 0.15) is 24.2 Å². The largest absolute Gasteiger partial charge is 0.474 e. The number of ether oxygens (including phenoxy) is 1. The van der Waals surface area contributed by atoms with Crippen LogP contribution in [0.5, 0.6) is 5.88 Å². The molecule has 0 saturated carbocycles. The van der Waals surface area contributed by atoms with Crippen molar-refractivity contribution in [2.24, 2.45) is 0 Å². The maximum atomic E-state index is 12.3. The molecule has 24 heavy (non-hydrogen) atoms. The summed E-state index contributed by atoms with van der Waals surface area (Å²) < 4.78 is 5.89. The standard InChI is InChI=1S/C19H21N3O2/c1-15-20-12-9-18(21-15)24-17-10-13-22(14-11-17)19(23)8-7-16-5-3-2-4-6-16/h2-9,12,17H,10-11,13-14H2,1H3/b8-7+. The summed E-state index contributed by atoms with van der Waals surface area (Å²) in [5, 5.41) is 0. The van der Waals surface area contributed by atoms with E-state index >= 15 is 0 Å². The number of rotatable bonds is 4. The Morgan fingerprint density at radius 1 is 1.21 bits per heavy atom. The maximum Gasteiger partial charge on any atom is 0.246 e. The van der Waals surface area contributed by atoms with Gasteiger partial charge in [0.25, 0.3) is 0 Å². The number of carbonyl (C=O) groups excluding carboxylic acids is 1. The number of amides is 1. The molecule has 0 unspecified atom stereocenters. The van der Waals surface area contributed by atoms with Crippen molar-refractivity contribution in [3.8, 4) is 5.88 Å². The van der Waals surface area contributed by atoms with E-state index in [4.69, 9.17) is 4.74 Å². The number of aromatic nitrogens is 2. The van der Waals surface area contributed by atoms with Gasteiger partial charge >= 0.3 is 0 Å². The minimum Gasteiger partial charge on any atom is -0.474 e. The third-order valence-electron chi connectivity index (χ3n) is 4.01. The van der Waals surface area contributed by atoms with Crippen LogP contribution in [-0.2, 0) is 4.79 Å². The van der Waals surface area contributed by atoms with Crippen LogP contribution >= 0.6 is 0 Å². The van der Waals surface area contributed by atoms with Crippen LogP contribution in [-0.4, -0.2) is 40.0 Å². The average molecular weight is 323 g/mol. The van der Waals surface area contributed by atoms with Gasteiger partial charge in [0.1, 0.15) is 11.9 Å². The van der Waals surface area contributed by atoms with Gasteiger partial charge in [0.2, 0.25) is 11.8 Å². The lowest BCUT2D eigenvalue weighted by atomic mass is 10.1. The molecule has 1 amide bonds. The first-order valence-electron chi connectivity index (χ1n) is 8.19. The van der Waals surface area contributed by atoms with E-state index in [0.29, 0.717) is 24.8 Å². The number of hydrogen-bond donors (Lipinski definition) is 0. The first-order valence-corrected chi connectivity index (χ1v) is 8.19. The lowest BCUT2D eigenvalue weighted by Crippen LogP contribution is -2.41. The molecule has 1 aliphatic rings. The lowest BCUT2D eigenvalue weighted by molar-refractivity contribution is -0.127. The molecule has 1 aromatic heterocycles. The highest BCUT2D eigenvalue weighted by Gasteiger charge is 2.23. The number of aryl methyl sites for hydroxylation is 1. The summed E-state index contributed by atoms with van der Waals surface area (Å²) in [7, 11) is 0. The summed E-state index contributed by atoms with van der Waals surface area (Å²) in [5.41, 5.74) is 1.03. The van der Waals surface area contributed by atoms with E-state index in [9.17, 15) is 4.79 Å². The van der Waals surface area contributed by atoms with Crippen LogP contribution in [0.2, 0.25) is 0 Å². The third kappa shape index (κ3) is 4.41. The van der Waals surface area contributed by atoms with Gasteiger partial charge in [-0.1, -0.05) is 30.3 Å². The van der Waals surface area contributed by atoms with E-state index in [2.05, 4.69) is 9.97 Å². The topological polar surface area (TPSA) is 55.3 Å². The minimum atomic E-state index is 0.0511. The van der Waals surface area contributed by atoms with Crippen LogP contribution < -0.4 is 4.74 Å². The summed E-state index contributed by atoms with van der Waals surface area (Å²) in [5.74, 6) is 1.36. The van der Waals surface area contributed by atoms with E-state index in [1.165, 1.54) is 0 Å². The molecule has 5 nitrogen and oxygen atoms in total. The van der Waals surface area contributed by atoms with Crippen LogP contribution in [0.4, 0.5) is 0 Å². The monoisotopic (exact) mass is 323 g/mol. The molecule has 0 atom stereocenters. The van der Waals surface area contributed by atoms with E-state index < -0.39 is 0 Å². The van der Waals surface area contributed by atoms with Gasteiger partial charge in [0.05, 0.1) is 0 Å². The van der Waals surface area contributed by atoms with Crippen molar-refractivity contribution in [3.63, 3.8) is 0 Å². The maximum absolute atomic E-state index is 12.3. The fourth-order valence-corrected chi connectivity index (χ4v) is 2.70. The van der Waals surface area contributed by atoms with Crippen molar-refractivity contribution in [1.29, 1.82) is 0 Å². The van der Waals surface area contributed by atoms with Crippen molar-refractivity contribution in [3.05, 3.63) is 60.1 Å². The zero-order chi connectivity index (χ0) is 16.8. The van der Waals surface area contributed by atoms with Crippen LogP contribution in [0, 0.1) is 6.92 Å². The summed E-state index contributed by atoms with van der Waals surface area (Å²) >= 11 is 0. The first-order chi connectivity index (χ1) is 11.7. The minimum absolute atomic E-state index is 0.0511. The van der Waals surface area contributed by atoms with Gasteiger partial charge in [-0.15, -0.1) is 0 Å². The Hall–Kier alpha value is -2.69. The van der Waals surface area contributed by atoms with Gasteiger partial charge in [0.15, 0.2) is 0 Å². The molecular formula is C19H21N3O2. The summed E-state index contributed by atoms with van der Waals surface area (Å²) in [6.45, 7) is 3.24. The van der Waals surface area contributed by atoms with Gasteiger partial charge < -0.3 is 9.64 Å². The molecule has 0 spiro atoms. The van der Waals surface area contributed by atoms with Gasteiger partial charge in [-0.3, -0.25) is 4.79 Å². The van der Waals surface area contributed by atoms with Gasteiger partial charge in [-0.05, 0) is 18.6 Å². The molecule has 1 aliphatic heterocycles. The fraction of sp³-hybridized carbons (Fsp3) is 0.316. The van der Waals surface area contributed by atoms with E-state index in [0.717, 1.165) is 18.4 Å². The number of likely N-dealkylation sites (tertiary alicyclic amines) is 1. The van der Waals surface area contributed by atoms with Crippen LogP contribution in [0.15, 0.2) is 48.7 Å². The SMILES string of the molecule is Cc1nccc(OC2CCN(C(=O)/C=C/c3ccccc3)CC2)n1. The van der Waals surface area contributed by atoms with Gasteiger partial charge in [-0.25, -0.2) is 4.98 Å². The fourth-order valence-electron chi connectivity index (χ4n) is 2.70. The number of benzene rings is 1. The normalized spacial score (nSPS) is 15.6. The second-order valence-electron chi connectivity index (χ2n) is 5.83. The molecular weight excluding hydrogens is 302 g/mol. The van der Waals surface area contributed by atoms with Crippen molar-refractivity contribution in [2.75, 3.05) is 13.1 Å². The van der Waals surface area contributed by atoms with Crippen LogP contribution in [0.3, 0.4) is 0 Å². The second-order valence-corrected chi connectivity index (χ2v) is 5.83. The first kappa shape index (κ1) is 16.2. The van der Waals surface area contributed by atoms with Crippen molar-refractivity contribution in [1.82, 2.24) is 14.9 Å². The molecule has 3 rings (SSSR count). The van der Waals surface area contributed by atoms with E-state index in [1.54, 1.807) is 18.3 Å². The Balaban J connectivity index is 1.49. The summed E-state index contributed by atoms with van der Waals surface area (Å²) in [6, 6.07) is 11.6. The van der Waals surface area contributed by atoms with E-state index in [1.807, 2.05) is 48.2 Å². The highest BCUT2D eigenvalue weighted by atomic mass is 16.5. The summed E-state index contributed by atoms with van der Waals surface area (Å²) in [6.07, 6.45) is 6.92. The number of piperidine rings is 1. The predicted molar refractivity (Wildman–Crippen MR) is 92.5 cm³/mol. The molecule has 0 aliphatic carbocycles. The lowest BCUT2D eigenvalue weighted by Gasteiger charge is -2.31. The molecule has 124 valence electrons. The second kappa shape index (κ2) is 7.73. The molecule has 0 bridgehead atoms. The average Bonchev–Trinajstić information content (AvgIpc) is 2.61. The number of carbonyl (C=O) groups is 1. The Morgan fingerprint density at radius 3 is 2.67 bits per heavy atom. The predicted octanol–water partition coefficient (Wildman–Crippen LogP) is 2.87. The Kier molecular flexibility index (Phi) is 5.21. The highest BCUT2D eigenvalue weighted by molar-refractivity contribution is 5.91. The van der Waals surface area contributed by atoms with Gasteiger partial charge in [0, 0.05) is 44.3 Å². The number of hydrogen-bond acceptors (Lipinski definition) is 4. The molecule has 0 N–H and O–H groups in total. The Labute approximate surface area is 142 Å². The number of nitrogens with zero attached hydrogens (tertiary/aromatic N) is 3. The van der Waals surface area contributed by atoms with Crippen LogP contribution in [0.25, 0.3) is 6.08 Å². The molecule has 1 aromatic carbocycles. The van der Waals surface area contributed by atoms with Crippen molar-refractivity contribution < 1.29 is 9.53 Å². The quantitative estimate of drug-likeness (QED) is 0.812. The molecule has 2 heterocycles. The summed E-state index contributed by atoms with van der Waals surface area (Å²) in [4.78, 5) is 22.4. The Morgan fingerprint density at radius 2 is 1.96 bits per heavy atom. The zero-order valence-corrected chi connectivity index (χ0v) is 13.8. The highest BCUT2D eigenvalue weighted by Crippen LogP contribution is 2.17. The molecule has 2 aromatic rings. The van der Waals surface area contributed by atoms with Crippen molar-refractivity contribution in [2.45, 2.75) is 25.9 Å².